The second kappa shape index (κ2) is 5.01. The largest absolute Gasteiger partial charge is 0.389 e. The van der Waals surface area contributed by atoms with Crippen molar-refractivity contribution >= 4 is 0 Å². The normalized spacial score (nSPS) is 29.1. The van der Waals surface area contributed by atoms with Crippen LogP contribution in [0.15, 0.2) is 0 Å². The second-order valence-electron chi connectivity index (χ2n) is 4.24. The Bertz CT molecular complexity index is 167. The number of hydrogen-bond donors (Lipinski definition) is 1. The molecular formula is C10H18F3N. The maximum Gasteiger partial charge on any atom is 0.389 e. The van der Waals surface area contributed by atoms with Crippen LogP contribution in [0.25, 0.3) is 0 Å². The van der Waals surface area contributed by atoms with Gasteiger partial charge in [0.25, 0.3) is 0 Å². The predicted octanol–water partition coefficient (Wildman–Crippen LogP) is 2.96. The molecule has 1 saturated heterocycles. The number of piperidine rings is 1. The summed E-state index contributed by atoms with van der Waals surface area (Å²) in [5.41, 5.74) is 0. The van der Waals surface area contributed by atoms with Crippen molar-refractivity contribution < 1.29 is 13.2 Å². The average Bonchev–Trinajstić information content (AvgIpc) is 2.06. The molecule has 0 spiro atoms. The van der Waals surface area contributed by atoms with Gasteiger partial charge in [-0.2, -0.15) is 13.2 Å². The first-order chi connectivity index (χ1) is 6.49. The summed E-state index contributed by atoms with van der Waals surface area (Å²) < 4.78 is 35.7. The summed E-state index contributed by atoms with van der Waals surface area (Å²) in [5, 5.41) is 3.25. The van der Waals surface area contributed by atoms with Crippen molar-refractivity contribution in [3.8, 4) is 0 Å². The Hall–Kier alpha value is -0.250. The van der Waals surface area contributed by atoms with Gasteiger partial charge in [0.1, 0.15) is 0 Å². The van der Waals surface area contributed by atoms with Crippen LogP contribution in [-0.4, -0.2) is 19.3 Å². The van der Waals surface area contributed by atoms with E-state index >= 15 is 0 Å². The zero-order valence-corrected chi connectivity index (χ0v) is 8.53. The smallest absolute Gasteiger partial charge is 0.316 e. The van der Waals surface area contributed by atoms with Gasteiger partial charge in [-0.3, -0.25) is 0 Å². The summed E-state index contributed by atoms with van der Waals surface area (Å²) in [5.74, 6) is 1.01. The first-order valence-corrected chi connectivity index (χ1v) is 5.26. The van der Waals surface area contributed by atoms with Crippen LogP contribution in [0.2, 0.25) is 0 Å². The van der Waals surface area contributed by atoms with Gasteiger partial charge in [0, 0.05) is 6.42 Å². The fraction of sp³-hybridized carbons (Fsp3) is 1.00. The van der Waals surface area contributed by atoms with E-state index in [1.54, 1.807) is 0 Å². The minimum Gasteiger partial charge on any atom is -0.316 e. The molecule has 1 fully saturated rings. The number of nitrogens with one attached hydrogen (secondary N) is 1. The molecule has 84 valence electrons. The minimum absolute atomic E-state index is 0.290. The van der Waals surface area contributed by atoms with E-state index in [1.807, 2.05) is 0 Å². The molecule has 0 aromatic heterocycles. The van der Waals surface area contributed by atoms with E-state index in [4.69, 9.17) is 0 Å². The SMILES string of the molecule is CC1CNCCC1CCCC(F)(F)F. The van der Waals surface area contributed by atoms with Crippen molar-refractivity contribution in [3.63, 3.8) is 0 Å². The molecule has 0 aliphatic carbocycles. The molecule has 1 N–H and O–H groups in total. The van der Waals surface area contributed by atoms with Crippen LogP contribution in [0.1, 0.15) is 32.6 Å². The Kier molecular flexibility index (Phi) is 4.23. The molecule has 0 bridgehead atoms. The van der Waals surface area contributed by atoms with Crippen LogP contribution >= 0.6 is 0 Å². The summed E-state index contributed by atoms with van der Waals surface area (Å²) in [7, 11) is 0. The molecule has 2 unspecified atom stereocenters. The number of alkyl halides is 3. The van der Waals surface area contributed by atoms with Crippen molar-refractivity contribution in [2.24, 2.45) is 11.8 Å². The summed E-state index contributed by atoms with van der Waals surface area (Å²) in [6.45, 7) is 4.03. The van der Waals surface area contributed by atoms with Gasteiger partial charge in [-0.25, -0.2) is 0 Å². The molecule has 14 heavy (non-hydrogen) atoms. The third kappa shape index (κ3) is 4.31. The lowest BCUT2D eigenvalue weighted by atomic mass is 9.84. The van der Waals surface area contributed by atoms with E-state index in [-0.39, 0.29) is 0 Å². The second-order valence-corrected chi connectivity index (χ2v) is 4.24. The van der Waals surface area contributed by atoms with Crippen LogP contribution in [0.5, 0.6) is 0 Å². The number of hydrogen-bond acceptors (Lipinski definition) is 1. The quantitative estimate of drug-likeness (QED) is 0.753. The Balaban J connectivity index is 2.17. The maximum atomic E-state index is 11.9. The van der Waals surface area contributed by atoms with Crippen molar-refractivity contribution in [1.29, 1.82) is 0 Å². The van der Waals surface area contributed by atoms with Crippen molar-refractivity contribution in [2.75, 3.05) is 13.1 Å². The van der Waals surface area contributed by atoms with Gasteiger partial charge in [-0.15, -0.1) is 0 Å². The van der Waals surface area contributed by atoms with E-state index in [2.05, 4.69) is 12.2 Å². The zero-order valence-electron chi connectivity index (χ0n) is 8.53. The Labute approximate surface area is 83.1 Å². The van der Waals surface area contributed by atoms with E-state index in [9.17, 15) is 13.2 Å². The lowest BCUT2D eigenvalue weighted by Crippen LogP contribution is -2.35. The summed E-state index contributed by atoms with van der Waals surface area (Å²) in [4.78, 5) is 0. The first-order valence-electron chi connectivity index (χ1n) is 5.26. The lowest BCUT2D eigenvalue weighted by Gasteiger charge is -2.29. The Morgan fingerprint density at radius 3 is 2.64 bits per heavy atom. The summed E-state index contributed by atoms with van der Waals surface area (Å²) >= 11 is 0. The van der Waals surface area contributed by atoms with Gasteiger partial charge in [-0.1, -0.05) is 6.92 Å². The third-order valence-electron chi connectivity index (χ3n) is 3.00. The van der Waals surface area contributed by atoms with E-state index < -0.39 is 12.6 Å². The number of halogens is 3. The van der Waals surface area contributed by atoms with E-state index in [0.29, 0.717) is 18.3 Å². The molecule has 0 saturated carbocycles. The monoisotopic (exact) mass is 209 g/mol. The maximum absolute atomic E-state index is 11.9. The highest BCUT2D eigenvalue weighted by Gasteiger charge is 2.28. The number of rotatable bonds is 3. The van der Waals surface area contributed by atoms with Crippen LogP contribution in [-0.2, 0) is 0 Å². The van der Waals surface area contributed by atoms with Crippen molar-refractivity contribution in [2.45, 2.75) is 38.8 Å². The van der Waals surface area contributed by atoms with Crippen LogP contribution in [0, 0.1) is 11.8 Å². The molecular weight excluding hydrogens is 191 g/mol. The predicted molar refractivity (Wildman–Crippen MR) is 50.0 cm³/mol. The minimum atomic E-state index is -3.98. The van der Waals surface area contributed by atoms with Gasteiger partial charge in [0.15, 0.2) is 0 Å². The molecule has 0 amide bonds. The highest BCUT2D eigenvalue weighted by Crippen LogP contribution is 2.28. The zero-order chi connectivity index (χ0) is 10.6. The highest BCUT2D eigenvalue weighted by molar-refractivity contribution is 4.75. The fourth-order valence-electron chi connectivity index (χ4n) is 2.06. The molecule has 1 heterocycles. The Morgan fingerprint density at radius 1 is 1.36 bits per heavy atom. The van der Waals surface area contributed by atoms with E-state index in [1.165, 1.54) is 0 Å². The lowest BCUT2D eigenvalue weighted by molar-refractivity contribution is -0.136. The van der Waals surface area contributed by atoms with Gasteiger partial charge in [0.2, 0.25) is 0 Å². The molecule has 1 rings (SSSR count). The van der Waals surface area contributed by atoms with Crippen LogP contribution in [0.3, 0.4) is 0 Å². The van der Waals surface area contributed by atoms with Crippen molar-refractivity contribution in [3.05, 3.63) is 0 Å². The van der Waals surface area contributed by atoms with E-state index in [0.717, 1.165) is 25.9 Å². The summed E-state index contributed by atoms with van der Waals surface area (Å²) in [6, 6.07) is 0. The highest BCUT2D eigenvalue weighted by atomic mass is 19.4. The average molecular weight is 209 g/mol. The third-order valence-corrected chi connectivity index (χ3v) is 3.00. The molecule has 1 nitrogen and oxygen atoms in total. The van der Waals surface area contributed by atoms with Gasteiger partial charge in [0.05, 0.1) is 0 Å². The van der Waals surface area contributed by atoms with Gasteiger partial charge in [-0.05, 0) is 44.2 Å². The standard InChI is InChI=1S/C10H18F3N/c1-8-7-14-6-4-9(8)3-2-5-10(11,12)13/h8-9,14H,2-7H2,1H3. The fourth-order valence-corrected chi connectivity index (χ4v) is 2.06. The molecule has 0 aromatic carbocycles. The molecule has 4 heteroatoms. The van der Waals surface area contributed by atoms with Crippen LogP contribution in [0.4, 0.5) is 13.2 Å². The molecule has 0 radical (unpaired) electrons. The Morgan fingerprint density at radius 2 is 2.07 bits per heavy atom. The molecule has 1 aliphatic heterocycles. The van der Waals surface area contributed by atoms with Gasteiger partial charge < -0.3 is 5.32 Å². The molecule has 2 atom stereocenters. The topological polar surface area (TPSA) is 12.0 Å². The van der Waals surface area contributed by atoms with Gasteiger partial charge >= 0.3 is 6.18 Å². The van der Waals surface area contributed by atoms with Crippen molar-refractivity contribution in [1.82, 2.24) is 5.32 Å². The molecule has 0 aromatic rings. The van der Waals surface area contributed by atoms with Crippen LogP contribution < -0.4 is 5.32 Å². The molecule has 1 aliphatic rings. The first kappa shape index (κ1) is 11.8. The summed E-state index contributed by atoms with van der Waals surface area (Å²) in [6.07, 6.45) is -2.56.